The fourth-order valence-corrected chi connectivity index (χ4v) is 2.63. The average Bonchev–Trinajstić information content (AvgIpc) is 2.39. The molecule has 1 amide bonds. The average molecular weight is 327 g/mol. The Bertz CT molecular complexity index is 328. The first-order valence-corrected chi connectivity index (χ1v) is 9.47. The van der Waals surface area contributed by atoms with Gasteiger partial charge < -0.3 is 15.6 Å². The Labute approximate surface area is 124 Å². The molecule has 0 heterocycles. The molecule has 0 aromatic carbocycles. The molecular weight excluding hydrogens is 308 g/mol. The minimum atomic E-state index is -2.84. The lowest BCUT2D eigenvalue weighted by atomic mass is 10.2. The SMILES string of the molecule is CSCC[C@H](NC(=O)[C@@H](N)CCSC)C(=O)S(=O)[O-]. The summed E-state index contributed by atoms with van der Waals surface area (Å²) in [4.78, 5) is 23.2. The molecule has 0 spiro atoms. The van der Waals surface area contributed by atoms with E-state index in [0.29, 0.717) is 12.2 Å². The van der Waals surface area contributed by atoms with Crippen molar-refractivity contribution in [3.05, 3.63) is 0 Å². The number of carbonyl (C=O) groups excluding carboxylic acids is 2. The van der Waals surface area contributed by atoms with E-state index in [4.69, 9.17) is 5.73 Å². The predicted molar refractivity (Wildman–Crippen MR) is 79.8 cm³/mol. The fraction of sp³-hybridized carbons (Fsp3) is 0.800. The largest absolute Gasteiger partial charge is 0.766 e. The lowest BCUT2D eigenvalue weighted by Gasteiger charge is -2.20. The summed E-state index contributed by atoms with van der Waals surface area (Å²) in [5.41, 5.74) is 5.66. The van der Waals surface area contributed by atoms with Gasteiger partial charge in [-0.3, -0.25) is 13.8 Å². The number of hydrogen-bond acceptors (Lipinski definition) is 7. The third kappa shape index (κ3) is 7.93. The summed E-state index contributed by atoms with van der Waals surface area (Å²) in [6, 6.07) is -1.74. The number of thioether (sulfide) groups is 2. The molecule has 0 aliphatic carbocycles. The van der Waals surface area contributed by atoms with Crippen LogP contribution in [-0.2, 0) is 20.7 Å². The van der Waals surface area contributed by atoms with Crippen LogP contribution in [0, 0.1) is 0 Å². The minimum absolute atomic E-state index is 0.273. The van der Waals surface area contributed by atoms with Gasteiger partial charge >= 0.3 is 0 Å². The van der Waals surface area contributed by atoms with Crippen molar-refractivity contribution in [2.45, 2.75) is 24.9 Å². The maximum Gasteiger partial charge on any atom is 0.237 e. The lowest BCUT2D eigenvalue weighted by Crippen LogP contribution is -2.49. The van der Waals surface area contributed by atoms with Crippen LogP contribution in [0.1, 0.15) is 12.8 Å². The Balaban J connectivity index is 4.49. The Morgan fingerprint density at radius 2 is 1.79 bits per heavy atom. The third-order valence-corrected chi connectivity index (χ3v) is 4.25. The maximum absolute atomic E-state index is 11.7. The summed E-state index contributed by atoms with van der Waals surface area (Å²) >= 11 is 0.195. The summed E-state index contributed by atoms with van der Waals surface area (Å²) in [5, 5.41) is 1.41. The van der Waals surface area contributed by atoms with Gasteiger partial charge in [0.15, 0.2) is 0 Å². The van der Waals surface area contributed by atoms with Crippen molar-refractivity contribution in [1.82, 2.24) is 5.32 Å². The molecule has 112 valence electrons. The number of nitrogens with one attached hydrogen (secondary N) is 1. The van der Waals surface area contributed by atoms with Gasteiger partial charge in [0.25, 0.3) is 0 Å². The number of carbonyl (C=O) groups is 2. The van der Waals surface area contributed by atoms with Crippen LogP contribution >= 0.6 is 23.5 Å². The Hall–Kier alpha value is -0.0900. The highest BCUT2D eigenvalue weighted by Gasteiger charge is 2.23. The smallest absolute Gasteiger partial charge is 0.237 e. The number of amides is 1. The highest BCUT2D eigenvalue weighted by molar-refractivity contribution is 7.98. The summed E-state index contributed by atoms with van der Waals surface area (Å²) in [7, 11) is 0. The molecule has 0 aromatic heterocycles. The second kappa shape index (κ2) is 10.7. The van der Waals surface area contributed by atoms with Crippen molar-refractivity contribution in [3.63, 3.8) is 0 Å². The van der Waals surface area contributed by atoms with Gasteiger partial charge in [0, 0.05) is 11.1 Å². The molecule has 9 heteroatoms. The highest BCUT2D eigenvalue weighted by Crippen LogP contribution is 2.05. The van der Waals surface area contributed by atoms with Crippen LogP contribution in [-0.4, -0.2) is 55.9 Å². The molecule has 19 heavy (non-hydrogen) atoms. The van der Waals surface area contributed by atoms with E-state index in [2.05, 4.69) is 5.32 Å². The van der Waals surface area contributed by atoms with Crippen molar-refractivity contribution in [1.29, 1.82) is 0 Å². The second-order valence-corrected chi connectivity index (χ2v) is 6.63. The monoisotopic (exact) mass is 327 g/mol. The molecule has 0 radical (unpaired) electrons. The standard InChI is InChI=1S/C10H20N2O4S3/c1-17-5-3-7(11)9(13)12-8(4-6-18-2)10(14)19(15)16/h7-8H,3-6,11H2,1-2H3,(H,12,13)(H,15,16)/p-1/t7-,8-/m0/s1. The molecule has 0 bridgehead atoms. The zero-order chi connectivity index (χ0) is 14.8. The van der Waals surface area contributed by atoms with E-state index in [9.17, 15) is 18.4 Å². The van der Waals surface area contributed by atoms with E-state index >= 15 is 0 Å². The predicted octanol–water partition coefficient (Wildman–Crippen LogP) is -0.290. The number of rotatable bonds is 9. The van der Waals surface area contributed by atoms with Gasteiger partial charge in [-0.25, -0.2) is 0 Å². The highest BCUT2D eigenvalue weighted by atomic mass is 32.2. The fourth-order valence-electron chi connectivity index (χ4n) is 1.26. The van der Waals surface area contributed by atoms with Gasteiger partial charge in [-0.05, 0) is 36.9 Å². The summed E-state index contributed by atoms with van der Waals surface area (Å²) in [6.07, 6.45) is 4.49. The second-order valence-electron chi connectivity index (χ2n) is 3.78. The maximum atomic E-state index is 11.7. The molecule has 0 aliphatic heterocycles. The zero-order valence-corrected chi connectivity index (χ0v) is 13.4. The van der Waals surface area contributed by atoms with Crippen molar-refractivity contribution < 1.29 is 18.4 Å². The van der Waals surface area contributed by atoms with E-state index in [0.717, 1.165) is 5.75 Å². The molecule has 6 nitrogen and oxygen atoms in total. The van der Waals surface area contributed by atoms with Crippen LogP contribution in [0.2, 0.25) is 0 Å². The molecule has 1 unspecified atom stereocenters. The van der Waals surface area contributed by atoms with Gasteiger partial charge in [0.2, 0.25) is 11.0 Å². The molecule has 3 N–H and O–H groups in total. The summed E-state index contributed by atoms with van der Waals surface area (Å²) < 4.78 is 21.4. The summed E-state index contributed by atoms with van der Waals surface area (Å²) in [5.74, 6) is 0.818. The molecule has 3 atom stereocenters. The molecule has 0 aromatic rings. The normalized spacial score (nSPS) is 15.6. The van der Waals surface area contributed by atoms with Crippen molar-refractivity contribution in [3.8, 4) is 0 Å². The van der Waals surface area contributed by atoms with Crippen LogP contribution in [0.4, 0.5) is 0 Å². The first-order chi connectivity index (χ1) is 8.93. The van der Waals surface area contributed by atoms with Gasteiger partial charge in [0.1, 0.15) is 6.04 Å². The molecule has 0 aliphatic rings. The lowest BCUT2D eigenvalue weighted by molar-refractivity contribution is -0.126. The zero-order valence-electron chi connectivity index (χ0n) is 10.9. The van der Waals surface area contributed by atoms with E-state index in [-0.39, 0.29) is 6.42 Å². The van der Waals surface area contributed by atoms with Gasteiger partial charge in [0.05, 0.1) is 6.04 Å². The van der Waals surface area contributed by atoms with Crippen LogP contribution < -0.4 is 11.1 Å². The third-order valence-electron chi connectivity index (χ3n) is 2.35. The molecule has 0 saturated carbocycles. The van der Waals surface area contributed by atoms with Crippen molar-refractivity contribution in [2.24, 2.45) is 5.73 Å². The van der Waals surface area contributed by atoms with Crippen molar-refractivity contribution in [2.75, 3.05) is 24.0 Å². The Morgan fingerprint density at radius 1 is 1.26 bits per heavy atom. The van der Waals surface area contributed by atoms with Crippen LogP contribution in [0.3, 0.4) is 0 Å². The van der Waals surface area contributed by atoms with E-state index in [1.807, 2.05) is 12.5 Å². The minimum Gasteiger partial charge on any atom is -0.766 e. The molecule has 0 rings (SSSR count). The first-order valence-electron chi connectivity index (χ1n) is 5.61. The topological polar surface area (TPSA) is 112 Å². The van der Waals surface area contributed by atoms with Crippen LogP contribution in [0.15, 0.2) is 0 Å². The van der Waals surface area contributed by atoms with Gasteiger partial charge in [-0.2, -0.15) is 23.5 Å². The number of hydrogen-bond donors (Lipinski definition) is 2. The summed E-state index contributed by atoms with van der Waals surface area (Å²) in [6.45, 7) is 0. The Morgan fingerprint density at radius 3 is 2.26 bits per heavy atom. The Kier molecular flexibility index (Phi) is 10.6. The quantitative estimate of drug-likeness (QED) is 0.560. The van der Waals surface area contributed by atoms with Gasteiger partial charge in [-0.15, -0.1) is 0 Å². The van der Waals surface area contributed by atoms with E-state index in [1.165, 1.54) is 11.8 Å². The van der Waals surface area contributed by atoms with Crippen LogP contribution in [0.5, 0.6) is 0 Å². The van der Waals surface area contributed by atoms with Crippen molar-refractivity contribution >= 4 is 45.6 Å². The van der Waals surface area contributed by atoms with E-state index in [1.54, 1.807) is 11.8 Å². The molecular formula is C10H19N2O4S3-. The van der Waals surface area contributed by atoms with Crippen LogP contribution in [0.25, 0.3) is 0 Å². The molecule has 0 fully saturated rings. The van der Waals surface area contributed by atoms with Gasteiger partial charge in [-0.1, -0.05) is 0 Å². The molecule has 0 saturated heterocycles. The number of nitrogens with two attached hydrogens (primary N) is 1. The van der Waals surface area contributed by atoms with E-state index < -0.39 is 34.2 Å². The first kappa shape index (κ1) is 18.9.